The van der Waals surface area contributed by atoms with E-state index in [1.54, 1.807) is 7.11 Å². The first-order chi connectivity index (χ1) is 8.02. The van der Waals surface area contributed by atoms with Crippen LogP contribution in [0.3, 0.4) is 0 Å². The van der Waals surface area contributed by atoms with Crippen molar-refractivity contribution >= 4 is 11.6 Å². The summed E-state index contributed by atoms with van der Waals surface area (Å²) >= 11 is 6.07. The Labute approximate surface area is 109 Å². The number of likely N-dealkylation sites (N-methyl/N-ethyl adjacent to an activating group) is 1. The van der Waals surface area contributed by atoms with Crippen LogP contribution in [-0.4, -0.2) is 38.7 Å². The molecule has 0 bridgehead atoms. The number of hydrogen-bond donors (Lipinski definition) is 1. The molecule has 0 aliphatic carbocycles. The molecule has 0 amide bonds. The SMILES string of the molecule is COc1ccc(CNC(C)CN(C)C)cc1Cl. The van der Waals surface area contributed by atoms with E-state index >= 15 is 0 Å². The summed E-state index contributed by atoms with van der Waals surface area (Å²) in [6.07, 6.45) is 0. The molecule has 1 N–H and O–H groups in total. The van der Waals surface area contributed by atoms with Crippen LogP contribution in [0.1, 0.15) is 12.5 Å². The molecule has 1 atom stereocenters. The van der Waals surface area contributed by atoms with Crippen molar-refractivity contribution in [1.82, 2.24) is 10.2 Å². The first kappa shape index (κ1) is 14.3. The lowest BCUT2D eigenvalue weighted by Crippen LogP contribution is -2.35. The van der Waals surface area contributed by atoms with Gasteiger partial charge in [0.1, 0.15) is 5.75 Å². The van der Waals surface area contributed by atoms with Crippen LogP contribution in [0.15, 0.2) is 18.2 Å². The molecule has 0 fully saturated rings. The summed E-state index contributed by atoms with van der Waals surface area (Å²) < 4.78 is 5.12. The molecular formula is C13H21ClN2O. The van der Waals surface area contributed by atoms with E-state index in [2.05, 4.69) is 31.2 Å². The van der Waals surface area contributed by atoms with E-state index in [-0.39, 0.29) is 0 Å². The van der Waals surface area contributed by atoms with Crippen LogP contribution < -0.4 is 10.1 Å². The zero-order valence-electron chi connectivity index (χ0n) is 11.0. The predicted molar refractivity (Wildman–Crippen MR) is 72.9 cm³/mol. The van der Waals surface area contributed by atoms with Gasteiger partial charge in [0, 0.05) is 19.1 Å². The number of halogens is 1. The average Bonchev–Trinajstić information content (AvgIpc) is 2.25. The van der Waals surface area contributed by atoms with Gasteiger partial charge in [0.2, 0.25) is 0 Å². The molecular weight excluding hydrogens is 236 g/mol. The number of ether oxygens (including phenoxy) is 1. The van der Waals surface area contributed by atoms with Gasteiger partial charge in [-0.1, -0.05) is 17.7 Å². The van der Waals surface area contributed by atoms with E-state index in [0.717, 1.165) is 18.8 Å². The van der Waals surface area contributed by atoms with Crippen molar-refractivity contribution in [2.75, 3.05) is 27.7 Å². The molecule has 0 spiro atoms. The lowest BCUT2D eigenvalue weighted by atomic mass is 10.2. The molecule has 1 unspecified atom stereocenters. The molecule has 0 aromatic heterocycles. The van der Waals surface area contributed by atoms with Crippen molar-refractivity contribution < 1.29 is 4.74 Å². The average molecular weight is 257 g/mol. The van der Waals surface area contributed by atoms with Gasteiger partial charge in [0.25, 0.3) is 0 Å². The van der Waals surface area contributed by atoms with E-state index in [4.69, 9.17) is 16.3 Å². The van der Waals surface area contributed by atoms with Crippen molar-refractivity contribution in [1.29, 1.82) is 0 Å². The van der Waals surface area contributed by atoms with Crippen LogP contribution in [0.25, 0.3) is 0 Å². The fourth-order valence-electron chi connectivity index (χ4n) is 1.72. The number of hydrogen-bond acceptors (Lipinski definition) is 3. The molecule has 0 radical (unpaired) electrons. The predicted octanol–water partition coefficient (Wildman–Crippen LogP) is 2.39. The van der Waals surface area contributed by atoms with Gasteiger partial charge in [0.05, 0.1) is 12.1 Å². The van der Waals surface area contributed by atoms with Crippen molar-refractivity contribution in [3.05, 3.63) is 28.8 Å². The fraction of sp³-hybridized carbons (Fsp3) is 0.538. The quantitative estimate of drug-likeness (QED) is 0.846. The van der Waals surface area contributed by atoms with Crippen LogP contribution in [-0.2, 0) is 6.54 Å². The number of rotatable bonds is 6. The molecule has 0 aliphatic heterocycles. The molecule has 1 aromatic carbocycles. The molecule has 0 aliphatic rings. The minimum absolute atomic E-state index is 0.450. The monoisotopic (exact) mass is 256 g/mol. The lowest BCUT2D eigenvalue weighted by molar-refractivity contribution is 0.349. The molecule has 4 heteroatoms. The van der Waals surface area contributed by atoms with E-state index < -0.39 is 0 Å². The van der Waals surface area contributed by atoms with Gasteiger partial charge in [-0.15, -0.1) is 0 Å². The van der Waals surface area contributed by atoms with Gasteiger partial charge in [-0.2, -0.15) is 0 Å². The Morgan fingerprint density at radius 3 is 2.65 bits per heavy atom. The zero-order chi connectivity index (χ0) is 12.8. The second-order valence-corrected chi connectivity index (χ2v) is 4.92. The Balaban J connectivity index is 2.49. The molecule has 3 nitrogen and oxygen atoms in total. The van der Waals surface area contributed by atoms with Gasteiger partial charge < -0.3 is 15.0 Å². The zero-order valence-corrected chi connectivity index (χ0v) is 11.7. The first-order valence-corrected chi connectivity index (χ1v) is 6.11. The van der Waals surface area contributed by atoms with Crippen molar-refractivity contribution in [3.63, 3.8) is 0 Å². The Morgan fingerprint density at radius 2 is 2.12 bits per heavy atom. The molecule has 1 aromatic rings. The molecule has 1 rings (SSSR count). The van der Waals surface area contributed by atoms with Gasteiger partial charge >= 0.3 is 0 Å². The molecule has 17 heavy (non-hydrogen) atoms. The second kappa shape index (κ2) is 6.84. The summed E-state index contributed by atoms with van der Waals surface area (Å²) in [4.78, 5) is 2.17. The Bertz CT molecular complexity index is 355. The molecule has 0 heterocycles. The van der Waals surface area contributed by atoms with Crippen LogP contribution >= 0.6 is 11.6 Å². The van der Waals surface area contributed by atoms with Crippen LogP contribution in [0, 0.1) is 0 Å². The maximum absolute atomic E-state index is 6.07. The maximum atomic E-state index is 6.07. The van der Waals surface area contributed by atoms with Crippen LogP contribution in [0.2, 0.25) is 5.02 Å². The molecule has 0 saturated heterocycles. The summed E-state index contributed by atoms with van der Waals surface area (Å²) in [7, 11) is 5.77. The van der Waals surface area contributed by atoms with E-state index in [1.165, 1.54) is 5.56 Å². The number of nitrogens with one attached hydrogen (secondary N) is 1. The van der Waals surface area contributed by atoms with Gasteiger partial charge in [-0.25, -0.2) is 0 Å². The van der Waals surface area contributed by atoms with E-state index in [9.17, 15) is 0 Å². The summed E-state index contributed by atoms with van der Waals surface area (Å²) in [5.74, 6) is 0.719. The summed E-state index contributed by atoms with van der Waals surface area (Å²) in [5.41, 5.74) is 1.17. The highest BCUT2D eigenvalue weighted by Gasteiger charge is 2.05. The van der Waals surface area contributed by atoms with Gasteiger partial charge in [0.15, 0.2) is 0 Å². The number of benzene rings is 1. The Kier molecular flexibility index (Phi) is 5.75. The topological polar surface area (TPSA) is 24.5 Å². The molecule has 96 valence electrons. The highest BCUT2D eigenvalue weighted by atomic mass is 35.5. The fourth-order valence-corrected chi connectivity index (χ4v) is 2.00. The molecule has 0 saturated carbocycles. The minimum atomic E-state index is 0.450. The van der Waals surface area contributed by atoms with Gasteiger partial charge in [-0.05, 0) is 38.7 Å². The Hall–Kier alpha value is -0.770. The second-order valence-electron chi connectivity index (χ2n) is 4.51. The lowest BCUT2D eigenvalue weighted by Gasteiger charge is -2.18. The smallest absolute Gasteiger partial charge is 0.137 e. The van der Waals surface area contributed by atoms with Crippen molar-refractivity contribution in [3.8, 4) is 5.75 Å². The highest BCUT2D eigenvalue weighted by molar-refractivity contribution is 6.32. The highest BCUT2D eigenvalue weighted by Crippen LogP contribution is 2.24. The maximum Gasteiger partial charge on any atom is 0.137 e. The summed E-state index contributed by atoms with van der Waals surface area (Å²) in [6.45, 7) is 4.01. The summed E-state index contributed by atoms with van der Waals surface area (Å²) in [6, 6.07) is 6.32. The van der Waals surface area contributed by atoms with E-state index in [1.807, 2.05) is 18.2 Å². The standard InChI is InChI=1S/C13H21ClN2O/c1-10(9-16(2)3)15-8-11-5-6-13(17-4)12(14)7-11/h5-7,10,15H,8-9H2,1-4H3. The minimum Gasteiger partial charge on any atom is -0.495 e. The third kappa shape index (κ3) is 4.94. The largest absolute Gasteiger partial charge is 0.495 e. The first-order valence-electron chi connectivity index (χ1n) is 5.73. The van der Waals surface area contributed by atoms with Gasteiger partial charge in [-0.3, -0.25) is 0 Å². The van der Waals surface area contributed by atoms with Crippen molar-refractivity contribution in [2.24, 2.45) is 0 Å². The van der Waals surface area contributed by atoms with Crippen LogP contribution in [0.4, 0.5) is 0 Å². The van der Waals surface area contributed by atoms with Crippen molar-refractivity contribution in [2.45, 2.75) is 19.5 Å². The summed E-state index contributed by atoms with van der Waals surface area (Å²) in [5, 5.41) is 4.11. The van der Waals surface area contributed by atoms with E-state index in [0.29, 0.717) is 11.1 Å². The van der Waals surface area contributed by atoms with Crippen LogP contribution in [0.5, 0.6) is 5.75 Å². The number of nitrogens with zero attached hydrogens (tertiary/aromatic N) is 1. The number of methoxy groups -OCH3 is 1. The Morgan fingerprint density at radius 1 is 1.41 bits per heavy atom. The normalized spacial score (nSPS) is 12.8. The third-order valence-electron chi connectivity index (χ3n) is 2.51. The third-order valence-corrected chi connectivity index (χ3v) is 2.81.